The highest BCUT2D eigenvalue weighted by Gasteiger charge is 2.11. The first-order valence-corrected chi connectivity index (χ1v) is 10.4. The van der Waals surface area contributed by atoms with E-state index >= 15 is 0 Å². The molecule has 2 aromatic rings. The van der Waals surface area contributed by atoms with Crippen LogP contribution >= 0.6 is 11.6 Å². The minimum Gasteiger partial charge on any atom is -0.352 e. The predicted molar refractivity (Wildman–Crippen MR) is 103 cm³/mol. The van der Waals surface area contributed by atoms with Crippen LogP contribution in [-0.2, 0) is 28.7 Å². The van der Waals surface area contributed by atoms with E-state index in [9.17, 15) is 12.8 Å². The van der Waals surface area contributed by atoms with E-state index in [-0.39, 0.29) is 12.3 Å². The molecule has 0 spiro atoms. The maximum atomic E-state index is 13.6. The van der Waals surface area contributed by atoms with Crippen LogP contribution in [0.5, 0.6) is 0 Å². The molecule has 0 amide bonds. The predicted octanol–water partition coefficient (Wildman–Crippen LogP) is 2.89. The van der Waals surface area contributed by atoms with Gasteiger partial charge in [0.25, 0.3) is 0 Å². The fourth-order valence-corrected chi connectivity index (χ4v) is 3.45. The molecule has 0 aromatic heterocycles. The third-order valence-corrected chi connectivity index (χ3v) is 4.86. The molecule has 0 radical (unpaired) electrons. The van der Waals surface area contributed by atoms with Gasteiger partial charge in [-0.05, 0) is 34.9 Å². The summed E-state index contributed by atoms with van der Waals surface area (Å²) in [5.74, 6) is -0.0618. The van der Waals surface area contributed by atoms with Crippen molar-refractivity contribution in [3.05, 3.63) is 70.0 Å². The van der Waals surface area contributed by atoms with Crippen molar-refractivity contribution in [3.8, 4) is 0 Å². The summed E-state index contributed by atoms with van der Waals surface area (Å²) in [7, 11) is -1.60. The molecule has 2 N–H and O–H groups in total. The van der Waals surface area contributed by atoms with Crippen LogP contribution in [0.1, 0.15) is 16.7 Å². The van der Waals surface area contributed by atoms with Crippen LogP contribution in [0.15, 0.2) is 47.5 Å². The van der Waals surface area contributed by atoms with Gasteiger partial charge in [0.05, 0.1) is 5.75 Å². The van der Waals surface area contributed by atoms with Gasteiger partial charge < -0.3 is 10.6 Å². The summed E-state index contributed by atoms with van der Waals surface area (Å²) in [6, 6.07) is 11.5. The summed E-state index contributed by atoms with van der Waals surface area (Å²) in [6.07, 6.45) is 1.15. The van der Waals surface area contributed by atoms with Crippen molar-refractivity contribution in [1.82, 2.24) is 10.6 Å². The van der Waals surface area contributed by atoms with Gasteiger partial charge in [-0.3, -0.25) is 4.99 Å². The third-order valence-electron chi connectivity index (χ3n) is 3.66. The molecular weight excluding hydrogens is 377 g/mol. The van der Waals surface area contributed by atoms with Gasteiger partial charge in [-0.25, -0.2) is 12.8 Å². The summed E-state index contributed by atoms with van der Waals surface area (Å²) < 4.78 is 36.7. The lowest BCUT2D eigenvalue weighted by atomic mass is 10.1. The quantitative estimate of drug-likeness (QED) is 0.580. The highest BCUT2D eigenvalue weighted by atomic mass is 35.5. The number of hydrogen-bond donors (Lipinski definition) is 2. The first kappa shape index (κ1) is 20.2. The number of guanidine groups is 1. The third kappa shape index (κ3) is 6.31. The average molecular weight is 398 g/mol. The van der Waals surface area contributed by atoms with Crippen molar-refractivity contribution < 1.29 is 12.8 Å². The van der Waals surface area contributed by atoms with Crippen LogP contribution in [0.4, 0.5) is 4.39 Å². The molecule has 0 heterocycles. The number of sulfone groups is 1. The van der Waals surface area contributed by atoms with Crippen molar-refractivity contribution in [2.75, 3.05) is 13.3 Å². The number of nitrogens with one attached hydrogen (secondary N) is 2. The Morgan fingerprint density at radius 3 is 2.35 bits per heavy atom. The SMILES string of the molecule is CN=C(NCc1ccccc1Cl)NCc1cc(F)ccc1CS(C)(=O)=O. The standard InChI is InChI=1S/C18H21ClFN3O2S/c1-21-18(22-10-13-5-3-4-6-17(13)19)23-11-15-9-16(20)8-7-14(15)12-26(2,24)25/h3-9H,10-12H2,1-2H3,(H2,21,22,23). The molecule has 2 aromatic carbocycles. The summed E-state index contributed by atoms with van der Waals surface area (Å²) >= 11 is 6.12. The van der Waals surface area contributed by atoms with Crippen LogP contribution in [0.3, 0.4) is 0 Å². The van der Waals surface area contributed by atoms with Gasteiger partial charge in [-0.2, -0.15) is 0 Å². The van der Waals surface area contributed by atoms with Crippen molar-refractivity contribution in [2.24, 2.45) is 4.99 Å². The molecular formula is C18H21ClFN3O2S. The Labute approximate surface area is 158 Å². The maximum absolute atomic E-state index is 13.6. The molecule has 0 saturated heterocycles. The van der Waals surface area contributed by atoms with Crippen LogP contribution in [0.2, 0.25) is 5.02 Å². The van der Waals surface area contributed by atoms with Gasteiger partial charge in [-0.1, -0.05) is 35.9 Å². The summed E-state index contributed by atoms with van der Waals surface area (Å²) in [6.45, 7) is 0.712. The van der Waals surface area contributed by atoms with Crippen molar-refractivity contribution in [1.29, 1.82) is 0 Å². The molecule has 0 unspecified atom stereocenters. The summed E-state index contributed by atoms with van der Waals surface area (Å²) in [4.78, 5) is 4.11. The molecule has 0 atom stereocenters. The zero-order valence-electron chi connectivity index (χ0n) is 14.6. The number of aliphatic imine (C=N–C) groups is 1. The summed E-state index contributed by atoms with van der Waals surface area (Å²) in [5.41, 5.74) is 2.04. The molecule has 0 fully saturated rings. The zero-order valence-corrected chi connectivity index (χ0v) is 16.2. The zero-order chi connectivity index (χ0) is 19.2. The second-order valence-corrected chi connectivity index (χ2v) is 8.40. The van der Waals surface area contributed by atoms with Gasteiger partial charge in [-0.15, -0.1) is 0 Å². The molecule has 0 saturated carbocycles. The average Bonchev–Trinajstić information content (AvgIpc) is 2.57. The second-order valence-electron chi connectivity index (χ2n) is 5.85. The number of benzene rings is 2. The largest absolute Gasteiger partial charge is 0.352 e. The van der Waals surface area contributed by atoms with Gasteiger partial charge in [0.2, 0.25) is 0 Å². The smallest absolute Gasteiger partial charge is 0.191 e. The van der Waals surface area contributed by atoms with E-state index in [4.69, 9.17) is 11.6 Å². The van der Waals surface area contributed by atoms with Crippen LogP contribution in [0, 0.1) is 5.82 Å². The molecule has 0 aliphatic rings. The fourth-order valence-electron chi connectivity index (χ4n) is 2.40. The maximum Gasteiger partial charge on any atom is 0.191 e. The highest BCUT2D eigenvalue weighted by molar-refractivity contribution is 7.89. The van der Waals surface area contributed by atoms with E-state index in [0.29, 0.717) is 28.7 Å². The molecule has 140 valence electrons. The Hall–Kier alpha value is -2.12. The van der Waals surface area contributed by atoms with E-state index in [0.717, 1.165) is 11.8 Å². The molecule has 26 heavy (non-hydrogen) atoms. The first-order valence-electron chi connectivity index (χ1n) is 7.91. The molecule has 0 bridgehead atoms. The normalized spacial score (nSPS) is 12.1. The van der Waals surface area contributed by atoms with Crippen molar-refractivity contribution in [3.63, 3.8) is 0 Å². The van der Waals surface area contributed by atoms with E-state index in [2.05, 4.69) is 15.6 Å². The lowest BCUT2D eigenvalue weighted by Gasteiger charge is -2.15. The first-order chi connectivity index (χ1) is 12.3. The van der Waals surface area contributed by atoms with E-state index in [1.807, 2.05) is 18.2 Å². The van der Waals surface area contributed by atoms with Crippen molar-refractivity contribution >= 4 is 27.4 Å². The number of halogens is 2. The van der Waals surface area contributed by atoms with Crippen LogP contribution in [0.25, 0.3) is 0 Å². The number of nitrogens with zero attached hydrogens (tertiary/aromatic N) is 1. The molecule has 8 heteroatoms. The summed E-state index contributed by atoms with van der Waals surface area (Å²) in [5, 5.41) is 6.83. The molecule has 0 aliphatic heterocycles. The Morgan fingerprint density at radius 2 is 1.73 bits per heavy atom. The van der Waals surface area contributed by atoms with Crippen LogP contribution in [-0.4, -0.2) is 27.7 Å². The van der Waals surface area contributed by atoms with E-state index in [1.165, 1.54) is 18.2 Å². The Balaban J connectivity index is 2.04. The lowest BCUT2D eigenvalue weighted by molar-refractivity contribution is 0.599. The highest BCUT2D eigenvalue weighted by Crippen LogP contribution is 2.15. The van der Waals surface area contributed by atoms with Gasteiger partial charge >= 0.3 is 0 Å². The van der Waals surface area contributed by atoms with E-state index < -0.39 is 15.7 Å². The fraction of sp³-hybridized carbons (Fsp3) is 0.278. The minimum atomic E-state index is -3.22. The molecule has 0 aliphatic carbocycles. The van der Waals surface area contributed by atoms with E-state index in [1.54, 1.807) is 13.1 Å². The lowest BCUT2D eigenvalue weighted by Crippen LogP contribution is -2.36. The molecule has 2 rings (SSSR count). The monoisotopic (exact) mass is 397 g/mol. The Morgan fingerprint density at radius 1 is 1.08 bits per heavy atom. The van der Waals surface area contributed by atoms with Crippen molar-refractivity contribution in [2.45, 2.75) is 18.8 Å². The topological polar surface area (TPSA) is 70.6 Å². The van der Waals surface area contributed by atoms with Gasteiger partial charge in [0.15, 0.2) is 15.8 Å². The van der Waals surface area contributed by atoms with Gasteiger partial charge in [0.1, 0.15) is 5.82 Å². The number of hydrogen-bond acceptors (Lipinski definition) is 3. The van der Waals surface area contributed by atoms with Gasteiger partial charge in [0, 0.05) is 31.4 Å². The number of rotatable bonds is 6. The molecule has 5 nitrogen and oxygen atoms in total. The second kappa shape index (κ2) is 9.00. The Kier molecular flexibility index (Phi) is 6.99. The minimum absolute atomic E-state index is 0.143. The van der Waals surface area contributed by atoms with Crippen LogP contribution < -0.4 is 10.6 Å². The Bertz CT molecular complexity index is 901.